The van der Waals surface area contributed by atoms with Gasteiger partial charge >= 0.3 is 0 Å². The minimum Gasteiger partial charge on any atom is -0.395 e. The molecular weight excluding hydrogens is 286 g/mol. The van der Waals surface area contributed by atoms with Gasteiger partial charge in [-0.2, -0.15) is 0 Å². The lowest BCUT2D eigenvalue weighted by atomic mass is 10.0. The molecule has 1 aromatic heterocycles. The fourth-order valence-electron chi connectivity index (χ4n) is 2.28. The molecule has 1 aliphatic heterocycles. The number of rotatable bonds is 3. The zero-order chi connectivity index (χ0) is 11.5. The van der Waals surface area contributed by atoms with Gasteiger partial charge in [0.25, 0.3) is 0 Å². The minimum absolute atomic E-state index is 0.297. The zero-order valence-electron chi connectivity index (χ0n) is 9.58. The predicted octanol–water partition coefficient (Wildman–Crippen LogP) is 3.17. The van der Waals surface area contributed by atoms with Crippen LogP contribution >= 0.6 is 27.3 Å². The minimum atomic E-state index is 0.297. The van der Waals surface area contributed by atoms with Gasteiger partial charge in [0.05, 0.1) is 10.4 Å². The Labute approximate surface area is 109 Å². The Morgan fingerprint density at radius 3 is 3.00 bits per heavy atom. The topological polar surface area (TPSA) is 23.5 Å². The lowest BCUT2D eigenvalue weighted by molar-refractivity contribution is 0.0850. The van der Waals surface area contributed by atoms with E-state index in [4.69, 9.17) is 0 Å². The van der Waals surface area contributed by atoms with Crippen LogP contribution in [0.2, 0.25) is 0 Å². The number of piperidine rings is 1. The molecule has 1 fully saturated rings. The number of likely N-dealkylation sites (tertiary alicyclic amines) is 1. The molecule has 0 aromatic carbocycles. The van der Waals surface area contributed by atoms with E-state index in [0.29, 0.717) is 12.6 Å². The number of nitrogens with zero attached hydrogens (tertiary/aromatic N) is 1. The molecule has 0 radical (unpaired) electrons. The lowest BCUT2D eigenvalue weighted by Crippen LogP contribution is -2.40. The number of hydrogen-bond donors (Lipinski definition) is 1. The number of halogens is 1. The fraction of sp³-hybridized carbons (Fsp3) is 0.667. The molecule has 1 aromatic rings. The molecule has 2 heterocycles. The van der Waals surface area contributed by atoms with Crippen molar-refractivity contribution >= 4 is 27.3 Å². The second kappa shape index (κ2) is 5.63. The van der Waals surface area contributed by atoms with Crippen molar-refractivity contribution in [3.8, 4) is 0 Å². The van der Waals surface area contributed by atoms with Crippen molar-refractivity contribution in [2.24, 2.45) is 0 Å². The monoisotopic (exact) mass is 303 g/mol. The third-order valence-electron chi connectivity index (χ3n) is 3.23. The molecule has 0 aliphatic carbocycles. The van der Waals surface area contributed by atoms with Crippen LogP contribution < -0.4 is 0 Å². The first-order valence-electron chi connectivity index (χ1n) is 5.80. The van der Waals surface area contributed by atoms with E-state index in [1.807, 2.05) is 11.3 Å². The summed E-state index contributed by atoms with van der Waals surface area (Å²) in [6, 6.07) is 2.62. The van der Waals surface area contributed by atoms with E-state index >= 15 is 0 Å². The van der Waals surface area contributed by atoms with Crippen LogP contribution in [-0.4, -0.2) is 29.2 Å². The van der Waals surface area contributed by atoms with Gasteiger partial charge < -0.3 is 5.11 Å². The largest absolute Gasteiger partial charge is 0.395 e. The Morgan fingerprint density at radius 1 is 1.56 bits per heavy atom. The molecule has 1 aliphatic rings. The van der Waals surface area contributed by atoms with Gasteiger partial charge in [-0.3, -0.25) is 4.90 Å². The Balaban J connectivity index is 2.02. The molecule has 1 saturated heterocycles. The van der Waals surface area contributed by atoms with Gasteiger partial charge in [-0.1, -0.05) is 6.42 Å². The van der Waals surface area contributed by atoms with Crippen LogP contribution in [-0.2, 0) is 6.54 Å². The Bertz CT molecular complexity index is 333. The van der Waals surface area contributed by atoms with Crippen molar-refractivity contribution in [1.29, 1.82) is 0 Å². The fourth-order valence-corrected chi connectivity index (χ4v) is 3.93. The van der Waals surface area contributed by atoms with Crippen LogP contribution in [0.5, 0.6) is 0 Å². The number of aliphatic hydroxyl groups excluding tert-OH is 1. The van der Waals surface area contributed by atoms with Crippen molar-refractivity contribution in [3.05, 3.63) is 20.3 Å². The highest BCUT2D eigenvalue weighted by atomic mass is 79.9. The van der Waals surface area contributed by atoms with Gasteiger partial charge in [-0.15, -0.1) is 11.3 Å². The highest BCUT2D eigenvalue weighted by molar-refractivity contribution is 9.11. The summed E-state index contributed by atoms with van der Waals surface area (Å²) in [6.07, 6.45) is 3.67. The number of aryl methyl sites for hydroxylation is 1. The van der Waals surface area contributed by atoms with Crippen LogP contribution in [0.4, 0.5) is 0 Å². The first-order chi connectivity index (χ1) is 7.70. The third kappa shape index (κ3) is 2.86. The Morgan fingerprint density at radius 2 is 2.38 bits per heavy atom. The van der Waals surface area contributed by atoms with E-state index in [-0.39, 0.29) is 0 Å². The molecule has 0 amide bonds. The van der Waals surface area contributed by atoms with E-state index in [1.165, 1.54) is 27.1 Å². The molecule has 2 rings (SSSR count). The van der Waals surface area contributed by atoms with Gasteiger partial charge in [0.1, 0.15) is 0 Å². The molecule has 1 atom stereocenters. The predicted molar refractivity (Wildman–Crippen MR) is 71.9 cm³/mol. The van der Waals surface area contributed by atoms with Crippen LogP contribution in [0.1, 0.15) is 29.7 Å². The molecule has 90 valence electrons. The first kappa shape index (κ1) is 12.6. The Kier molecular flexibility index (Phi) is 4.41. The highest BCUT2D eigenvalue weighted by Crippen LogP contribution is 2.29. The molecule has 1 N–H and O–H groups in total. The van der Waals surface area contributed by atoms with E-state index in [2.05, 4.69) is 33.8 Å². The van der Waals surface area contributed by atoms with Crippen LogP contribution in [0, 0.1) is 6.92 Å². The summed E-state index contributed by atoms with van der Waals surface area (Å²) < 4.78 is 1.24. The van der Waals surface area contributed by atoms with Crippen LogP contribution in [0.15, 0.2) is 9.85 Å². The van der Waals surface area contributed by atoms with Crippen molar-refractivity contribution in [2.45, 2.75) is 38.8 Å². The summed E-state index contributed by atoms with van der Waals surface area (Å²) >= 11 is 5.38. The molecule has 16 heavy (non-hydrogen) atoms. The summed E-state index contributed by atoms with van der Waals surface area (Å²) in [6.45, 7) is 4.54. The average Bonchev–Trinajstić information content (AvgIpc) is 2.59. The van der Waals surface area contributed by atoms with Gasteiger partial charge in [-0.25, -0.2) is 0 Å². The van der Waals surface area contributed by atoms with Crippen LogP contribution in [0.25, 0.3) is 0 Å². The maximum absolute atomic E-state index is 9.35. The number of hydrogen-bond acceptors (Lipinski definition) is 3. The van der Waals surface area contributed by atoms with Crippen molar-refractivity contribution in [2.75, 3.05) is 13.2 Å². The second-order valence-electron chi connectivity index (χ2n) is 4.47. The third-order valence-corrected chi connectivity index (χ3v) is 5.35. The maximum Gasteiger partial charge on any atom is 0.0730 e. The van der Waals surface area contributed by atoms with E-state index in [1.54, 1.807) is 0 Å². The zero-order valence-corrected chi connectivity index (χ0v) is 12.0. The smallest absolute Gasteiger partial charge is 0.0730 e. The summed E-state index contributed by atoms with van der Waals surface area (Å²) in [4.78, 5) is 3.81. The summed E-state index contributed by atoms with van der Waals surface area (Å²) in [5, 5.41) is 9.35. The first-order valence-corrected chi connectivity index (χ1v) is 7.41. The highest BCUT2D eigenvalue weighted by Gasteiger charge is 2.22. The Hall–Kier alpha value is 0.100. The SMILES string of the molecule is Cc1cc(CN2CCCCC2CO)sc1Br. The number of thiophene rings is 1. The molecular formula is C12H18BrNOS. The molecule has 0 saturated carbocycles. The summed E-state index contributed by atoms with van der Waals surface area (Å²) in [5.74, 6) is 0. The molecule has 2 nitrogen and oxygen atoms in total. The average molecular weight is 304 g/mol. The van der Waals surface area contributed by atoms with Crippen molar-refractivity contribution in [1.82, 2.24) is 4.90 Å². The second-order valence-corrected chi connectivity index (χ2v) is 6.93. The normalized spacial score (nSPS) is 22.6. The van der Waals surface area contributed by atoms with E-state index < -0.39 is 0 Å². The molecule has 4 heteroatoms. The van der Waals surface area contributed by atoms with E-state index in [9.17, 15) is 5.11 Å². The van der Waals surface area contributed by atoms with Crippen LogP contribution in [0.3, 0.4) is 0 Å². The lowest BCUT2D eigenvalue weighted by Gasteiger charge is -2.34. The molecule has 0 spiro atoms. The van der Waals surface area contributed by atoms with Gasteiger partial charge in [0.15, 0.2) is 0 Å². The standard InChI is InChI=1S/C12H18BrNOS/c1-9-6-11(16-12(9)13)7-14-5-3-2-4-10(14)8-15/h6,10,15H,2-5,7-8H2,1H3. The number of aliphatic hydroxyl groups is 1. The van der Waals surface area contributed by atoms with Crippen molar-refractivity contribution < 1.29 is 5.11 Å². The summed E-state index contributed by atoms with van der Waals surface area (Å²) in [7, 11) is 0. The quantitative estimate of drug-likeness (QED) is 0.927. The summed E-state index contributed by atoms with van der Waals surface area (Å²) in [5.41, 5.74) is 1.32. The molecule has 0 bridgehead atoms. The molecule has 1 unspecified atom stereocenters. The van der Waals surface area contributed by atoms with Gasteiger partial charge in [0.2, 0.25) is 0 Å². The van der Waals surface area contributed by atoms with E-state index in [0.717, 1.165) is 19.5 Å². The van der Waals surface area contributed by atoms with Gasteiger partial charge in [0, 0.05) is 17.5 Å². The van der Waals surface area contributed by atoms with Crippen molar-refractivity contribution in [3.63, 3.8) is 0 Å². The maximum atomic E-state index is 9.35. The van der Waals surface area contributed by atoms with Gasteiger partial charge in [-0.05, 0) is 53.9 Å².